The monoisotopic (exact) mass is 353 g/mol. The molecule has 0 fully saturated rings. The molecule has 0 bridgehead atoms. The fourth-order valence-corrected chi connectivity index (χ4v) is 1.94. The number of amides is 1. The highest BCUT2D eigenvalue weighted by molar-refractivity contribution is 9.10. The molecule has 0 aliphatic rings. The quantitative estimate of drug-likeness (QED) is 0.827. The van der Waals surface area contributed by atoms with Crippen LogP contribution in [0.1, 0.15) is 12.5 Å². The zero-order valence-electron chi connectivity index (χ0n) is 10.3. The molecular formula is C12H11BrF3NO3. The first kappa shape index (κ1) is 16.5. The molecule has 1 N–H and O–H groups in total. The van der Waals surface area contributed by atoms with Gasteiger partial charge in [-0.15, -0.1) is 0 Å². The zero-order valence-corrected chi connectivity index (χ0v) is 11.9. The molecule has 1 amide bonds. The number of rotatable bonds is 5. The number of carbonyl (C=O) groups is 2. The van der Waals surface area contributed by atoms with Gasteiger partial charge >= 0.3 is 12.1 Å². The molecule has 0 saturated carbocycles. The third-order valence-corrected chi connectivity index (χ3v) is 3.04. The molecule has 0 aliphatic heterocycles. The van der Waals surface area contributed by atoms with Gasteiger partial charge in [0.1, 0.15) is 6.61 Å². The number of nitrogens with one attached hydrogen (secondary N) is 1. The topological polar surface area (TPSA) is 55.4 Å². The Kier molecular flexibility index (Phi) is 5.15. The smallest absolute Gasteiger partial charge is 0.465 e. The maximum Gasteiger partial charge on any atom is 0.471 e. The van der Waals surface area contributed by atoms with Crippen LogP contribution in [0.15, 0.2) is 28.7 Å². The van der Waals surface area contributed by atoms with Crippen LogP contribution in [-0.4, -0.2) is 25.2 Å². The molecule has 20 heavy (non-hydrogen) atoms. The lowest BCUT2D eigenvalue weighted by Gasteiger charge is -2.30. The normalized spacial score (nSPS) is 14.2. The van der Waals surface area contributed by atoms with Gasteiger partial charge in [0.05, 0.1) is 5.54 Å². The highest BCUT2D eigenvalue weighted by Gasteiger charge is 2.43. The van der Waals surface area contributed by atoms with Gasteiger partial charge in [0.2, 0.25) is 0 Å². The molecule has 8 heteroatoms. The molecule has 1 aromatic rings. The highest BCUT2D eigenvalue weighted by atomic mass is 79.9. The van der Waals surface area contributed by atoms with E-state index in [1.807, 2.05) is 5.32 Å². The van der Waals surface area contributed by atoms with Crippen molar-refractivity contribution in [3.63, 3.8) is 0 Å². The molecule has 4 nitrogen and oxygen atoms in total. The number of halogens is 4. The van der Waals surface area contributed by atoms with Crippen LogP contribution in [0, 0.1) is 0 Å². The van der Waals surface area contributed by atoms with E-state index in [1.165, 1.54) is 19.1 Å². The Labute approximate surface area is 121 Å². The predicted octanol–water partition coefficient (Wildman–Crippen LogP) is 2.52. The first-order chi connectivity index (χ1) is 9.19. The van der Waals surface area contributed by atoms with Crippen molar-refractivity contribution in [2.45, 2.75) is 18.6 Å². The minimum atomic E-state index is -5.02. The summed E-state index contributed by atoms with van der Waals surface area (Å²) in [6, 6.07) is 6.33. The van der Waals surface area contributed by atoms with E-state index < -0.39 is 24.2 Å². The molecule has 0 radical (unpaired) electrons. The molecule has 0 spiro atoms. The molecule has 1 atom stereocenters. The van der Waals surface area contributed by atoms with Crippen LogP contribution in [-0.2, 0) is 19.9 Å². The average molecular weight is 354 g/mol. The average Bonchev–Trinajstić information content (AvgIpc) is 2.35. The van der Waals surface area contributed by atoms with Crippen LogP contribution >= 0.6 is 15.9 Å². The van der Waals surface area contributed by atoms with Gasteiger partial charge in [-0.1, -0.05) is 28.1 Å². The Morgan fingerprint density at radius 2 is 2.10 bits per heavy atom. The largest absolute Gasteiger partial charge is 0.471 e. The van der Waals surface area contributed by atoms with Crippen LogP contribution in [0.25, 0.3) is 0 Å². The summed E-state index contributed by atoms with van der Waals surface area (Å²) in [5, 5.41) is 1.84. The lowest BCUT2D eigenvalue weighted by atomic mass is 9.92. The van der Waals surface area contributed by atoms with E-state index in [2.05, 4.69) is 20.7 Å². The second-order valence-electron chi connectivity index (χ2n) is 4.20. The fourth-order valence-electron chi connectivity index (χ4n) is 1.55. The zero-order chi connectivity index (χ0) is 15.4. The third kappa shape index (κ3) is 4.22. The molecule has 1 aromatic carbocycles. The van der Waals surface area contributed by atoms with Gasteiger partial charge in [0, 0.05) is 4.47 Å². The third-order valence-electron chi connectivity index (χ3n) is 2.55. The number of carbonyl (C=O) groups excluding carboxylic acids is 2. The van der Waals surface area contributed by atoms with Crippen molar-refractivity contribution in [2.24, 2.45) is 0 Å². The van der Waals surface area contributed by atoms with Crippen molar-refractivity contribution >= 4 is 28.3 Å². The van der Waals surface area contributed by atoms with Crippen molar-refractivity contribution < 1.29 is 27.5 Å². The van der Waals surface area contributed by atoms with Crippen LogP contribution in [0.2, 0.25) is 0 Å². The maximum atomic E-state index is 12.4. The number of benzene rings is 1. The Morgan fingerprint density at radius 3 is 2.60 bits per heavy atom. The second kappa shape index (κ2) is 6.25. The van der Waals surface area contributed by atoms with Gasteiger partial charge in [0.15, 0.2) is 0 Å². The Balaban J connectivity index is 3.09. The lowest BCUT2D eigenvalue weighted by molar-refractivity contribution is -0.176. The molecule has 0 aromatic heterocycles. The maximum absolute atomic E-state index is 12.4. The number of alkyl halides is 3. The van der Waals surface area contributed by atoms with Gasteiger partial charge in [-0.25, -0.2) is 0 Å². The first-order valence-corrected chi connectivity index (χ1v) is 6.19. The van der Waals surface area contributed by atoms with E-state index in [1.54, 1.807) is 12.1 Å². The Bertz CT molecular complexity index is 507. The van der Waals surface area contributed by atoms with Crippen LogP contribution in [0.4, 0.5) is 13.2 Å². The van der Waals surface area contributed by atoms with Gasteiger partial charge in [0.25, 0.3) is 6.47 Å². The minimum Gasteiger partial charge on any atom is -0.465 e. The highest BCUT2D eigenvalue weighted by Crippen LogP contribution is 2.26. The van der Waals surface area contributed by atoms with E-state index in [-0.39, 0.29) is 6.47 Å². The number of hydrogen-bond donors (Lipinski definition) is 1. The molecule has 0 aliphatic carbocycles. The molecule has 0 heterocycles. The van der Waals surface area contributed by atoms with E-state index in [4.69, 9.17) is 0 Å². The van der Waals surface area contributed by atoms with E-state index in [0.717, 1.165) is 0 Å². The van der Waals surface area contributed by atoms with Crippen LogP contribution in [0.5, 0.6) is 0 Å². The first-order valence-electron chi connectivity index (χ1n) is 5.40. The summed E-state index contributed by atoms with van der Waals surface area (Å²) in [5.74, 6) is -2.10. The molecule has 110 valence electrons. The standard InChI is InChI=1S/C12H11BrF3NO3/c1-11(6-20-7-18,17-10(19)12(14,15)16)8-3-2-4-9(13)5-8/h2-5,7H,6H2,1H3,(H,17,19). The van der Waals surface area contributed by atoms with Crippen LogP contribution in [0.3, 0.4) is 0 Å². The number of hydrogen-bond acceptors (Lipinski definition) is 3. The summed E-state index contributed by atoms with van der Waals surface area (Å²) in [4.78, 5) is 21.4. The second-order valence-corrected chi connectivity index (χ2v) is 5.12. The van der Waals surface area contributed by atoms with Gasteiger partial charge in [-0.3, -0.25) is 9.59 Å². The minimum absolute atomic E-state index is 0.107. The molecule has 1 rings (SSSR count). The van der Waals surface area contributed by atoms with E-state index in [0.29, 0.717) is 10.0 Å². The summed E-state index contributed by atoms with van der Waals surface area (Å²) in [5.41, 5.74) is -1.12. The van der Waals surface area contributed by atoms with Crippen molar-refractivity contribution in [1.29, 1.82) is 0 Å². The van der Waals surface area contributed by atoms with E-state index in [9.17, 15) is 22.8 Å². The SMILES string of the molecule is CC(COC=O)(NC(=O)C(F)(F)F)c1cccc(Br)c1. The molecular weight excluding hydrogens is 343 g/mol. The summed E-state index contributed by atoms with van der Waals surface area (Å²) in [7, 11) is 0. The Morgan fingerprint density at radius 1 is 1.45 bits per heavy atom. The van der Waals surface area contributed by atoms with E-state index >= 15 is 0 Å². The van der Waals surface area contributed by atoms with Gasteiger partial charge < -0.3 is 10.1 Å². The van der Waals surface area contributed by atoms with Gasteiger partial charge in [-0.05, 0) is 24.6 Å². The summed E-state index contributed by atoms with van der Waals surface area (Å²) >= 11 is 3.18. The molecule has 0 saturated heterocycles. The van der Waals surface area contributed by atoms with Crippen molar-refractivity contribution in [3.05, 3.63) is 34.3 Å². The Hall–Kier alpha value is -1.57. The van der Waals surface area contributed by atoms with Crippen molar-refractivity contribution in [2.75, 3.05) is 6.61 Å². The summed E-state index contributed by atoms with van der Waals surface area (Å²) < 4.78 is 42.2. The van der Waals surface area contributed by atoms with Crippen LogP contribution < -0.4 is 5.32 Å². The summed E-state index contributed by atoms with van der Waals surface area (Å²) in [6.45, 7) is 1.02. The lowest BCUT2D eigenvalue weighted by Crippen LogP contribution is -2.51. The number of ether oxygens (including phenoxy) is 1. The predicted molar refractivity (Wildman–Crippen MR) is 67.7 cm³/mol. The summed E-state index contributed by atoms with van der Waals surface area (Å²) in [6.07, 6.45) is -5.02. The molecule has 1 unspecified atom stereocenters. The van der Waals surface area contributed by atoms with Crippen molar-refractivity contribution in [3.8, 4) is 0 Å². The fraction of sp³-hybridized carbons (Fsp3) is 0.333. The van der Waals surface area contributed by atoms with Gasteiger partial charge in [-0.2, -0.15) is 13.2 Å². The van der Waals surface area contributed by atoms with Crippen molar-refractivity contribution in [1.82, 2.24) is 5.32 Å².